The molecule has 0 aromatic heterocycles. The van der Waals surface area contributed by atoms with Gasteiger partial charge in [0.05, 0.1) is 12.5 Å². The van der Waals surface area contributed by atoms with Gasteiger partial charge in [-0.15, -0.1) is 11.8 Å². The largest absolute Gasteiger partial charge is 0.497 e. The Kier molecular flexibility index (Phi) is 3.54. The number of halogens is 1. The Morgan fingerprint density at radius 2 is 2.41 bits per heavy atom. The van der Waals surface area contributed by atoms with E-state index in [9.17, 15) is 9.18 Å². The fourth-order valence-electron chi connectivity index (χ4n) is 1.64. The summed E-state index contributed by atoms with van der Waals surface area (Å²) in [6.45, 7) is 0. The highest BCUT2D eigenvalue weighted by Gasteiger charge is 2.31. The molecule has 0 spiro atoms. The number of rotatable bonds is 3. The molecule has 2 atom stereocenters. The number of ether oxygens (including phenoxy) is 1. The van der Waals surface area contributed by atoms with E-state index in [2.05, 4.69) is 5.32 Å². The van der Waals surface area contributed by atoms with Crippen LogP contribution in [-0.2, 0) is 4.79 Å². The fraction of sp³-hybridized carbons (Fsp3) is 0.364. The van der Waals surface area contributed by atoms with Gasteiger partial charge in [0.25, 0.3) is 0 Å². The zero-order valence-corrected chi connectivity index (χ0v) is 9.96. The highest BCUT2D eigenvalue weighted by Crippen LogP contribution is 2.35. The number of carboxylic acids is 1. The van der Waals surface area contributed by atoms with Gasteiger partial charge in [0.2, 0.25) is 0 Å². The van der Waals surface area contributed by atoms with Crippen molar-refractivity contribution in [3.63, 3.8) is 0 Å². The smallest absolute Gasteiger partial charge is 0.321 e. The van der Waals surface area contributed by atoms with E-state index in [1.54, 1.807) is 12.1 Å². The van der Waals surface area contributed by atoms with Crippen LogP contribution in [0.25, 0.3) is 0 Å². The van der Waals surface area contributed by atoms with Crippen LogP contribution in [0.15, 0.2) is 18.2 Å². The topological polar surface area (TPSA) is 58.6 Å². The van der Waals surface area contributed by atoms with Crippen molar-refractivity contribution in [1.82, 2.24) is 5.32 Å². The Morgan fingerprint density at radius 1 is 1.65 bits per heavy atom. The van der Waals surface area contributed by atoms with Gasteiger partial charge in [-0.25, -0.2) is 4.39 Å². The van der Waals surface area contributed by atoms with Crippen molar-refractivity contribution in [3.05, 3.63) is 29.6 Å². The minimum Gasteiger partial charge on any atom is -0.497 e. The predicted molar refractivity (Wildman–Crippen MR) is 62.7 cm³/mol. The first-order chi connectivity index (χ1) is 8.11. The lowest BCUT2D eigenvalue weighted by Gasteiger charge is -2.13. The average Bonchev–Trinajstić information content (AvgIpc) is 2.78. The average molecular weight is 257 g/mol. The highest BCUT2D eigenvalue weighted by molar-refractivity contribution is 7.99. The molecule has 2 rings (SSSR count). The minimum absolute atomic E-state index is 0.318. The van der Waals surface area contributed by atoms with Crippen LogP contribution in [-0.4, -0.2) is 30.0 Å². The molecule has 1 aliphatic rings. The molecule has 0 aliphatic carbocycles. The predicted octanol–water partition coefficient (Wildman–Crippen LogP) is 1.62. The molecule has 6 heteroatoms. The molecule has 0 bridgehead atoms. The monoisotopic (exact) mass is 257 g/mol. The summed E-state index contributed by atoms with van der Waals surface area (Å²) in [5.74, 6) is -0.413. The lowest BCUT2D eigenvalue weighted by molar-refractivity contribution is -0.138. The maximum atomic E-state index is 13.7. The fourth-order valence-corrected chi connectivity index (χ4v) is 2.90. The molecule has 17 heavy (non-hydrogen) atoms. The molecule has 0 unspecified atom stereocenters. The van der Waals surface area contributed by atoms with E-state index in [0.717, 1.165) is 0 Å². The lowest BCUT2D eigenvalue weighted by atomic mass is 10.2. The van der Waals surface area contributed by atoms with Crippen molar-refractivity contribution in [1.29, 1.82) is 0 Å². The molecule has 0 saturated carbocycles. The summed E-state index contributed by atoms with van der Waals surface area (Å²) in [4.78, 5) is 10.8. The van der Waals surface area contributed by atoms with Crippen LogP contribution < -0.4 is 10.1 Å². The summed E-state index contributed by atoms with van der Waals surface area (Å²) >= 11 is 1.39. The van der Waals surface area contributed by atoms with Crippen molar-refractivity contribution in [2.24, 2.45) is 0 Å². The summed E-state index contributed by atoms with van der Waals surface area (Å²) < 4.78 is 18.6. The minimum atomic E-state index is -0.908. The van der Waals surface area contributed by atoms with E-state index in [-0.39, 0.29) is 11.2 Å². The molecule has 92 valence electrons. The number of nitrogens with one attached hydrogen (secondary N) is 1. The number of hydrogen-bond acceptors (Lipinski definition) is 4. The Labute approximate surface area is 102 Å². The molecule has 1 aliphatic heterocycles. The van der Waals surface area contributed by atoms with E-state index in [1.807, 2.05) is 0 Å². The van der Waals surface area contributed by atoms with Crippen LogP contribution in [0.5, 0.6) is 5.75 Å². The lowest BCUT2D eigenvalue weighted by Crippen LogP contribution is -2.33. The zero-order chi connectivity index (χ0) is 12.4. The summed E-state index contributed by atoms with van der Waals surface area (Å²) in [5.41, 5.74) is 0.458. The van der Waals surface area contributed by atoms with E-state index in [1.165, 1.54) is 24.9 Å². The first-order valence-corrected chi connectivity index (χ1v) is 6.10. The SMILES string of the molecule is COc1ccc([C@@H]2N[C@@H](C(=O)O)CS2)c(F)c1. The number of thioether (sulfide) groups is 1. The molecule has 1 heterocycles. The number of hydrogen-bond donors (Lipinski definition) is 2. The number of carbonyl (C=O) groups is 1. The van der Waals surface area contributed by atoms with Gasteiger partial charge >= 0.3 is 5.97 Å². The molecule has 0 radical (unpaired) electrons. The summed E-state index contributed by atoms with van der Waals surface area (Å²) in [5, 5.41) is 11.4. The summed E-state index contributed by atoms with van der Waals surface area (Å²) in [6.07, 6.45) is 0. The molecular weight excluding hydrogens is 245 g/mol. The van der Waals surface area contributed by atoms with Crippen LogP contribution in [0, 0.1) is 5.82 Å². The van der Waals surface area contributed by atoms with Crippen LogP contribution in [0.2, 0.25) is 0 Å². The maximum Gasteiger partial charge on any atom is 0.321 e. The van der Waals surface area contributed by atoms with Gasteiger partial charge in [-0.3, -0.25) is 10.1 Å². The molecule has 1 aromatic rings. The molecular formula is C11H12FNO3S. The van der Waals surface area contributed by atoms with Crippen molar-refractivity contribution in [3.8, 4) is 5.75 Å². The second kappa shape index (κ2) is 4.93. The molecule has 1 aromatic carbocycles. The normalized spacial score (nSPS) is 23.6. The van der Waals surface area contributed by atoms with Crippen molar-refractivity contribution >= 4 is 17.7 Å². The van der Waals surface area contributed by atoms with E-state index in [0.29, 0.717) is 17.1 Å². The van der Waals surface area contributed by atoms with Crippen molar-refractivity contribution < 1.29 is 19.0 Å². The van der Waals surface area contributed by atoms with E-state index >= 15 is 0 Å². The Hall–Kier alpha value is -1.27. The van der Waals surface area contributed by atoms with E-state index in [4.69, 9.17) is 9.84 Å². The standard InChI is InChI=1S/C11H12FNO3S/c1-16-6-2-3-7(8(12)4-6)10-13-9(5-17-10)11(14)15/h2-4,9-10,13H,5H2,1H3,(H,14,15)/t9-,10-/m1/s1. The van der Waals surface area contributed by atoms with Crippen molar-refractivity contribution in [2.45, 2.75) is 11.4 Å². The van der Waals surface area contributed by atoms with Crippen molar-refractivity contribution in [2.75, 3.05) is 12.9 Å². The van der Waals surface area contributed by atoms with E-state index < -0.39 is 12.0 Å². The number of aliphatic carboxylic acids is 1. The van der Waals surface area contributed by atoms with Gasteiger partial charge in [0, 0.05) is 17.4 Å². The molecule has 2 N–H and O–H groups in total. The first-order valence-electron chi connectivity index (χ1n) is 5.05. The van der Waals surface area contributed by atoms with Crippen LogP contribution >= 0.6 is 11.8 Å². The van der Waals surface area contributed by atoms with Crippen LogP contribution in [0.3, 0.4) is 0 Å². The quantitative estimate of drug-likeness (QED) is 0.861. The first kappa shape index (κ1) is 12.2. The third-order valence-electron chi connectivity index (χ3n) is 2.57. The Bertz CT molecular complexity index is 441. The Balaban J connectivity index is 2.16. The third kappa shape index (κ3) is 2.53. The number of carboxylic acid groups (broad SMARTS) is 1. The molecule has 1 fully saturated rings. The number of benzene rings is 1. The third-order valence-corrected chi connectivity index (χ3v) is 3.82. The van der Waals surface area contributed by atoms with Gasteiger partial charge < -0.3 is 9.84 Å². The Morgan fingerprint density at radius 3 is 2.94 bits per heavy atom. The highest BCUT2D eigenvalue weighted by atomic mass is 32.2. The van der Waals surface area contributed by atoms with Gasteiger partial charge in [-0.05, 0) is 12.1 Å². The summed E-state index contributed by atoms with van der Waals surface area (Å²) in [7, 11) is 1.47. The molecule has 1 saturated heterocycles. The second-order valence-electron chi connectivity index (χ2n) is 3.66. The van der Waals surface area contributed by atoms with Gasteiger partial charge in [-0.2, -0.15) is 0 Å². The van der Waals surface area contributed by atoms with Crippen LogP contribution in [0.4, 0.5) is 4.39 Å². The molecule has 0 amide bonds. The van der Waals surface area contributed by atoms with Gasteiger partial charge in [0.1, 0.15) is 17.6 Å². The maximum absolute atomic E-state index is 13.7. The zero-order valence-electron chi connectivity index (χ0n) is 9.14. The summed E-state index contributed by atoms with van der Waals surface area (Å²) in [6, 6.07) is 3.95. The second-order valence-corrected chi connectivity index (χ2v) is 4.80. The molecule has 4 nitrogen and oxygen atoms in total. The van der Waals surface area contributed by atoms with Gasteiger partial charge in [-0.1, -0.05) is 0 Å². The van der Waals surface area contributed by atoms with Crippen LogP contribution in [0.1, 0.15) is 10.9 Å². The van der Waals surface area contributed by atoms with Gasteiger partial charge in [0.15, 0.2) is 0 Å². The number of methoxy groups -OCH3 is 1.